The van der Waals surface area contributed by atoms with Gasteiger partial charge in [0.15, 0.2) is 0 Å². The lowest BCUT2D eigenvalue weighted by molar-refractivity contribution is 0.117. The minimum Gasteiger partial charge on any atom is -0.491 e. The third-order valence-corrected chi connectivity index (χ3v) is 4.42. The zero-order valence-corrected chi connectivity index (χ0v) is 15.8. The second-order valence-electron chi connectivity index (χ2n) is 4.40. The van der Waals surface area contributed by atoms with E-state index in [9.17, 15) is 5.11 Å². The average molecular weight is 480 g/mol. The molecule has 0 aliphatic carbocycles. The normalized spacial score (nSPS) is 12.0. The molecule has 2 aromatic carbocycles. The van der Waals surface area contributed by atoms with Crippen LogP contribution in [-0.4, -0.2) is 24.4 Å². The lowest BCUT2D eigenvalue weighted by Crippen LogP contribution is -2.26. The Morgan fingerprint density at radius 1 is 1.05 bits per heavy atom. The van der Waals surface area contributed by atoms with Crippen LogP contribution in [0.5, 0.6) is 5.75 Å². The van der Waals surface area contributed by atoms with Crippen molar-refractivity contribution in [1.82, 2.24) is 0 Å². The lowest BCUT2D eigenvalue weighted by Gasteiger charge is -2.16. The SMILES string of the molecule is OC(CNc1c(Br)cc(Br)cc1Br)COc1ccccc1. The van der Waals surface area contributed by atoms with Crippen LogP contribution in [0.25, 0.3) is 0 Å². The van der Waals surface area contributed by atoms with E-state index in [0.29, 0.717) is 6.54 Å². The fourth-order valence-corrected chi connectivity index (χ4v) is 4.24. The minimum atomic E-state index is -0.604. The fraction of sp³-hybridized carbons (Fsp3) is 0.200. The first-order valence-electron chi connectivity index (χ1n) is 6.30. The van der Waals surface area contributed by atoms with Crippen molar-refractivity contribution in [2.24, 2.45) is 0 Å². The Morgan fingerprint density at radius 2 is 1.67 bits per heavy atom. The molecule has 2 N–H and O–H groups in total. The average Bonchev–Trinajstić information content (AvgIpc) is 2.45. The molecule has 0 aliphatic rings. The summed E-state index contributed by atoms with van der Waals surface area (Å²) in [6.07, 6.45) is -0.604. The van der Waals surface area contributed by atoms with Crippen LogP contribution in [0.2, 0.25) is 0 Å². The lowest BCUT2D eigenvalue weighted by atomic mass is 10.3. The van der Waals surface area contributed by atoms with Crippen LogP contribution < -0.4 is 10.1 Å². The summed E-state index contributed by atoms with van der Waals surface area (Å²) < 4.78 is 8.32. The third kappa shape index (κ3) is 5.29. The molecule has 0 heterocycles. The van der Waals surface area contributed by atoms with Gasteiger partial charge in [0.1, 0.15) is 18.5 Å². The molecule has 0 aromatic heterocycles. The predicted octanol–water partition coefficient (Wildman–Crippen LogP) is 4.83. The number of rotatable bonds is 6. The summed E-state index contributed by atoms with van der Waals surface area (Å²) in [5.41, 5.74) is 0.900. The van der Waals surface area contributed by atoms with Crippen LogP contribution in [0, 0.1) is 0 Å². The summed E-state index contributed by atoms with van der Waals surface area (Å²) >= 11 is 10.4. The van der Waals surface area contributed by atoms with Crippen LogP contribution in [0.1, 0.15) is 0 Å². The van der Waals surface area contributed by atoms with E-state index in [0.717, 1.165) is 24.9 Å². The highest BCUT2D eigenvalue weighted by molar-refractivity contribution is 9.11. The zero-order chi connectivity index (χ0) is 15.2. The highest BCUT2D eigenvalue weighted by Crippen LogP contribution is 2.34. The second-order valence-corrected chi connectivity index (χ2v) is 7.03. The van der Waals surface area contributed by atoms with Gasteiger partial charge >= 0.3 is 0 Å². The molecule has 0 fully saturated rings. The molecular formula is C15H14Br3NO2. The maximum atomic E-state index is 9.98. The monoisotopic (exact) mass is 477 g/mol. The standard InChI is InChI=1S/C15H14Br3NO2/c16-10-6-13(17)15(14(18)7-10)19-8-11(20)9-21-12-4-2-1-3-5-12/h1-7,11,19-20H,8-9H2. The van der Waals surface area contributed by atoms with Crippen molar-refractivity contribution in [2.45, 2.75) is 6.10 Å². The van der Waals surface area contributed by atoms with E-state index >= 15 is 0 Å². The van der Waals surface area contributed by atoms with E-state index in [4.69, 9.17) is 4.74 Å². The van der Waals surface area contributed by atoms with Crippen LogP contribution in [0.3, 0.4) is 0 Å². The number of hydrogen-bond acceptors (Lipinski definition) is 3. The number of para-hydroxylation sites is 1. The molecule has 0 aliphatic heterocycles. The summed E-state index contributed by atoms with van der Waals surface area (Å²) in [6, 6.07) is 13.3. The molecule has 1 unspecified atom stereocenters. The molecule has 0 radical (unpaired) electrons. The molecule has 21 heavy (non-hydrogen) atoms. The van der Waals surface area contributed by atoms with Gasteiger partial charge in [-0.3, -0.25) is 0 Å². The molecule has 1 atom stereocenters. The Labute approximate surface area is 149 Å². The van der Waals surface area contributed by atoms with Gasteiger partial charge < -0.3 is 15.2 Å². The topological polar surface area (TPSA) is 41.5 Å². The van der Waals surface area contributed by atoms with Gasteiger partial charge in [-0.15, -0.1) is 0 Å². The van der Waals surface area contributed by atoms with E-state index < -0.39 is 6.10 Å². The molecular weight excluding hydrogens is 466 g/mol. The molecule has 0 amide bonds. The van der Waals surface area contributed by atoms with Crippen LogP contribution in [-0.2, 0) is 0 Å². The number of benzene rings is 2. The molecule has 112 valence electrons. The molecule has 6 heteroatoms. The van der Waals surface area contributed by atoms with Crippen molar-refractivity contribution in [3.05, 3.63) is 55.9 Å². The van der Waals surface area contributed by atoms with Crippen LogP contribution >= 0.6 is 47.8 Å². The summed E-state index contributed by atoms with van der Waals surface area (Å²) in [5, 5.41) is 13.2. The molecule has 2 rings (SSSR count). The van der Waals surface area contributed by atoms with Gasteiger partial charge in [0, 0.05) is 20.0 Å². The number of hydrogen-bond donors (Lipinski definition) is 2. The van der Waals surface area contributed by atoms with E-state index in [-0.39, 0.29) is 6.61 Å². The van der Waals surface area contributed by atoms with Gasteiger partial charge in [-0.1, -0.05) is 34.1 Å². The predicted molar refractivity (Wildman–Crippen MR) is 96.0 cm³/mol. The fourth-order valence-electron chi connectivity index (χ4n) is 1.70. The van der Waals surface area contributed by atoms with E-state index in [2.05, 4.69) is 53.1 Å². The summed E-state index contributed by atoms with van der Waals surface area (Å²) in [6.45, 7) is 0.633. The molecule has 0 saturated carbocycles. The Bertz CT molecular complexity index is 570. The number of halogens is 3. The van der Waals surface area contributed by atoms with Crippen molar-refractivity contribution in [1.29, 1.82) is 0 Å². The van der Waals surface area contributed by atoms with Gasteiger partial charge in [0.2, 0.25) is 0 Å². The number of aliphatic hydroxyl groups excluding tert-OH is 1. The highest BCUT2D eigenvalue weighted by Gasteiger charge is 2.10. The summed E-state index contributed by atoms with van der Waals surface area (Å²) in [4.78, 5) is 0. The third-order valence-electron chi connectivity index (χ3n) is 2.71. The van der Waals surface area contributed by atoms with Crippen molar-refractivity contribution in [2.75, 3.05) is 18.5 Å². The van der Waals surface area contributed by atoms with E-state index in [1.54, 1.807) is 0 Å². The number of ether oxygens (including phenoxy) is 1. The first-order valence-corrected chi connectivity index (χ1v) is 8.68. The van der Waals surface area contributed by atoms with E-state index in [1.807, 2.05) is 42.5 Å². The Balaban J connectivity index is 1.85. The molecule has 0 saturated heterocycles. The number of aliphatic hydroxyl groups is 1. The smallest absolute Gasteiger partial charge is 0.119 e. The highest BCUT2D eigenvalue weighted by atomic mass is 79.9. The van der Waals surface area contributed by atoms with Gasteiger partial charge in [0.05, 0.1) is 5.69 Å². The van der Waals surface area contributed by atoms with Gasteiger partial charge in [0.25, 0.3) is 0 Å². The molecule has 3 nitrogen and oxygen atoms in total. The van der Waals surface area contributed by atoms with Gasteiger partial charge in [-0.2, -0.15) is 0 Å². The quantitative estimate of drug-likeness (QED) is 0.623. The minimum absolute atomic E-state index is 0.239. The molecule has 0 bridgehead atoms. The largest absolute Gasteiger partial charge is 0.491 e. The van der Waals surface area contributed by atoms with Crippen molar-refractivity contribution >= 4 is 53.5 Å². The Hall–Kier alpha value is -0.560. The maximum Gasteiger partial charge on any atom is 0.119 e. The Kier molecular flexibility index (Phi) is 6.54. The first-order chi connectivity index (χ1) is 10.1. The van der Waals surface area contributed by atoms with E-state index in [1.165, 1.54) is 0 Å². The number of anilines is 1. The van der Waals surface area contributed by atoms with Crippen molar-refractivity contribution in [3.8, 4) is 5.75 Å². The van der Waals surface area contributed by atoms with Crippen molar-refractivity contribution in [3.63, 3.8) is 0 Å². The maximum absolute atomic E-state index is 9.98. The first kappa shape index (κ1) is 16.8. The summed E-state index contributed by atoms with van der Waals surface area (Å²) in [7, 11) is 0. The molecule has 2 aromatic rings. The van der Waals surface area contributed by atoms with Crippen LogP contribution in [0.4, 0.5) is 5.69 Å². The van der Waals surface area contributed by atoms with Crippen molar-refractivity contribution < 1.29 is 9.84 Å². The zero-order valence-electron chi connectivity index (χ0n) is 11.0. The number of nitrogens with one attached hydrogen (secondary N) is 1. The van der Waals surface area contributed by atoms with Gasteiger partial charge in [-0.05, 0) is 56.1 Å². The van der Waals surface area contributed by atoms with Gasteiger partial charge in [-0.25, -0.2) is 0 Å². The second kappa shape index (κ2) is 8.17. The molecule has 0 spiro atoms. The Morgan fingerprint density at radius 3 is 2.29 bits per heavy atom. The van der Waals surface area contributed by atoms with Crippen LogP contribution in [0.15, 0.2) is 55.9 Å². The summed E-state index contributed by atoms with van der Waals surface area (Å²) in [5.74, 6) is 0.752.